The Labute approximate surface area is 159 Å². The molecule has 0 N–H and O–H groups in total. The van der Waals surface area contributed by atoms with E-state index in [-0.39, 0.29) is 10.8 Å². The predicted molar refractivity (Wildman–Crippen MR) is 113 cm³/mol. The molecule has 0 spiro atoms. The Morgan fingerprint density at radius 2 is 0.760 bits per heavy atom. The maximum absolute atomic E-state index is 2.36. The van der Waals surface area contributed by atoms with Crippen molar-refractivity contribution in [3.05, 3.63) is 57.6 Å². The molecule has 0 radical (unpaired) electrons. The molecule has 0 amide bonds. The lowest BCUT2D eigenvalue weighted by molar-refractivity contribution is 0.588. The lowest BCUT2D eigenvalue weighted by atomic mass is 9.85. The Hall–Kier alpha value is -1.21. The summed E-state index contributed by atoms with van der Waals surface area (Å²) in [4.78, 5) is 2.81. The summed E-state index contributed by atoms with van der Waals surface area (Å²) in [5.74, 6) is 0. The molecule has 2 aromatic rings. The fraction of sp³-hybridized carbons (Fsp3) is 0.500. The summed E-state index contributed by atoms with van der Waals surface area (Å²) in [6.45, 7) is 22.7. The van der Waals surface area contributed by atoms with E-state index in [1.165, 1.54) is 43.2 Å². The van der Waals surface area contributed by atoms with E-state index >= 15 is 0 Å². The zero-order valence-electron chi connectivity index (χ0n) is 17.7. The van der Waals surface area contributed by atoms with Crippen molar-refractivity contribution in [3.8, 4) is 0 Å². The van der Waals surface area contributed by atoms with Crippen LogP contribution in [0, 0.1) is 27.7 Å². The Balaban J connectivity index is 2.48. The van der Waals surface area contributed by atoms with Crippen molar-refractivity contribution in [1.29, 1.82) is 0 Å². The molecule has 0 aliphatic rings. The van der Waals surface area contributed by atoms with Crippen LogP contribution in [0.4, 0.5) is 0 Å². The summed E-state index contributed by atoms with van der Waals surface area (Å²) in [5, 5.41) is 0. The Morgan fingerprint density at radius 1 is 0.520 bits per heavy atom. The van der Waals surface area contributed by atoms with E-state index < -0.39 is 0 Å². The number of hydrogen-bond acceptors (Lipinski definition) is 1. The zero-order chi connectivity index (χ0) is 19.2. The molecule has 25 heavy (non-hydrogen) atoms. The van der Waals surface area contributed by atoms with Crippen molar-refractivity contribution in [3.63, 3.8) is 0 Å². The van der Waals surface area contributed by atoms with Crippen molar-refractivity contribution < 1.29 is 0 Å². The molecule has 1 heteroatoms. The summed E-state index contributed by atoms with van der Waals surface area (Å²) in [5.41, 5.74) is 8.76. The highest BCUT2D eigenvalue weighted by Gasteiger charge is 2.19. The number of aryl methyl sites for hydroxylation is 4. The third-order valence-corrected chi connectivity index (χ3v) is 6.55. The molecule has 2 rings (SSSR count). The average molecular weight is 355 g/mol. The van der Waals surface area contributed by atoms with Crippen molar-refractivity contribution in [1.82, 2.24) is 0 Å². The van der Waals surface area contributed by atoms with Crippen LogP contribution in [-0.4, -0.2) is 0 Å². The molecule has 0 saturated heterocycles. The molecule has 0 heterocycles. The number of hydrogen-bond donors (Lipinski definition) is 0. The van der Waals surface area contributed by atoms with E-state index in [0.717, 1.165) is 0 Å². The first-order chi connectivity index (χ1) is 11.3. The van der Waals surface area contributed by atoms with Gasteiger partial charge in [0.2, 0.25) is 0 Å². The number of benzene rings is 2. The van der Waals surface area contributed by atoms with E-state index in [1.54, 1.807) is 0 Å². The molecule has 0 aliphatic carbocycles. The fourth-order valence-electron chi connectivity index (χ4n) is 3.19. The first-order valence-electron chi connectivity index (χ1n) is 9.22. The molecule has 2 aromatic carbocycles. The summed E-state index contributed by atoms with van der Waals surface area (Å²) < 4.78 is 0. The maximum atomic E-state index is 2.36. The van der Waals surface area contributed by atoms with Gasteiger partial charge in [-0.05, 0) is 71.9 Å². The van der Waals surface area contributed by atoms with Gasteiger partial charge in [0, 0.05) is 9.79 Å². The van der Waals surface area contributed by atoms with Gasteiger partial charge in [-0.25, -0.2) is 0 Å². The summed E-state index contributed by atoms with van der Waals surface area (Å²) in [6.07, 6.45) is 0. The molecule has 0 fully saturated rings. The zero-order valence-corrected chi connectivity index (χ0v) is 18.5. The fourth-order valence-corrected chi connectivity index (χ4v) is 4.27. The van der Waals surface area contributed by atoms with Crippen molar-refractivity contribution >= 4 is 11.8 Å². The maximum Gasteiger partial charge on any atom is 0.0181 e. The molecule has 0 unspecified atom stereocenters. The van der Waals surface area contributed by atoms with Gasteiger partial charge in [-0.15, -0.1) is 0 Å². The van der Waals surface area contributed by atoms with Gasteiger partial charge in [0.15, 0.2) is 0 Å². The van der Waals surface area contributed by atoms with Crippen LogP contribution in [-0.2, 0) is 10.8 Å². The minimum Gasteiger partial charge on any atom is -0.0890 e. The minimum absolute atomic E-state index is 0.193. The normalized spacial score (nSPS) is 12.6. The van der Waals surface area contributed by atoms with Crippen LogP contribution in [0.25, 0.3) is 0 Å². The summed E-state index contributed by atoms with van der Waals surface area (Å²) in [7, 11) is 0. The number of rotatable bonds is 2. The van der Waals surface area contributed by atoms with Gasteiger partial charge in [0.1, 0.15) is 0 Å². The van der Waals surface area contributed by atoms with Gasteiger partial charge < -0.3 is 0 Å². The minimum atomic E-state index is 0.193. The second kappa shape index (κ2) is 6.83. The molecule has 0 nitrogen and oxygen atoms in total. The highest BCUT2D eigenvalue weighted by Crippen LogP contribution is 2.40. The monoisotopic (exact) mass is 354 g/mol. The lowest BCUT2D eigenvalue weighted by Crippen LogP contribution is -2.12. The van der Waals surface area contributed by atoms with Crippen LogP contribution in [0.1, 0.15) is 74.9 Å². The van der Waals surface area contributed by atoms with E-state index in [0.29, 0.717) is 0 Å². The topological polar surface area (TPSA) is 0 Å². The van der Waals surface area contributed by atoms with Gasteiger partial charge in [0.05, 0.1) is 0 Å². The second-order valence-electron chi connectivity index (χ2n) is 9.48. The highest BCUT2D eigenvalue weighted by molar-refractivity contribution is 7.99. The molecule has 0 atom stereocenters. The van der Waals surface area contributed by atoms with Crippen LogP contribution in [0.15, 0.2) is 34.1 Å². The molecule has 0 saturated carbocycles. The van der Waals surface area contributed by atoms with E-state index in [2.05, 4.69) is 93.5 Å². The Bertz CT molecular complexity index is 669. The molecule has 0 aromatic heterocycles. The largest absolute Gasteiger partial charge is 0.0890 e. The van der Waals surface area contributed by atoms with Crippen molar-refractivity contribution in [2.45, 2.75) is 89.9 Å². The Kier molecular flexibility index (Phi) is 5.50. The molecule has 136 valence electrons. The van der Waals surface area contributed by atoms with Crippen LogP contribution < -0.4 is 0 Å². The molecule has 0 bridgehead atoms. The van der Waals surface area contributed by atoms with Gasteiger partial charge in [-0.1, -0.05) is 77.6 Å². The first-order valence-corrected chi connectivity index (χ1v) is 10.0. The lowest BCUT2D eigenvalue weighted by Gasteiger charge is -2.24. The summed E-state index contributed by atoms with van der Waals surface area (Å²) in [6, 6.07) is 9.46. The summed E-state index contributed by atoms with van der Waals surface area (Å²) >= 11 is 1.93. The molecular weight excluding hydrogens is 320 g/mol. The van der Waals surface area contributed by atoms with Crippen molar-refractivity contribution in [2.24, 2.45) is 0 Å². The van der Waals surface area contributed by atoms with Gasteiger partial charge in [-0.2, -0.15) is 0 Å². The third kappa shape index (κ3) is 4.50. The van der Waals surface area contributed by atoms with Gasteiger partial charge in [-0.3, -0.25) is 0 Å². The third-order valence-electron chi connectivity index (χ3n) is 4.86. The Morgan fingerprint density at radius 3 is 0.960 bits per heavy atom. The standard InChI is InChI=1S/C24H34S/c1-15-11-19(23(5,6)7)12-16(2)21(15)25-22-17(3)13-20(14-18(22)4)24(8,9)10/h11-14H,1-10H3. The van der Waals surface area contributed by atoms with Crippen LogP contribution >= 0.6 is 11.8 Å². The first kappa shape index (κ1) is 20.1. The molecule has 0 aliphatic heterocycles. The van der Waals surface area contributed by atoms with Crippen LogP contribution in [0.3, 0.4) is 0 Å². The van der Waals surface area contributed by atoms with E-state index in [4.69, 9.17) is 0 Å². The van der Waals surface area contributed by atoms with E-state index in [1.807, 2.05) is 11.8 Å². The second-order valence-corrected chi connectivity index (χ2v) is 10.5. The van der Waals surface area contributed by atoms with Crippen LogP contribution in [0.5, 0.6) is 0 Å². The van der Waals surface area contributed by atoms with Gasteiger partial charge >= 0.3 is 0 Å². The van der Waals surface area contributed by atoms with E-state index in [9.17, 15) is 0 Å². The average Bonchev–Trinajstić information content (AvgIpc) is 2.42. The van der Waals surface area contributed by atoms with Gasteiger partial charge in [0.25, 0.3) is 0 Å². The quantitative estimate of drug-likeness (QED) is 0.533. The predicted octanol–water partition coefficient (Wildman–Crippen LogP) is 7.67. The SMILES string of the molecule is Cc1cc(C(C)(C)C)cc(C)c1Sc1c(C)cc(C(C)(C)C)cc1C. The highest BCUT2D eigenvalue weighted by atomic mass is 32.2. The smallest absolute Gasteiger partial charge is 0.0181 e. The molecular formula is C24H34S. The van der Waals surface area contributed by atoms with Crippen LogP contribution in [0.2, 0.25) is 0 Å². The van der Waals surface area contributed by atoms with Crippen molar-refractivity contribution in [2.75, 3.05) is 0 Å².